The van der Waals surface area contributed by atoms with E-state index in [0.29, 0.717) is 11.6 Å². The fourth-order valence-corrected chi connectivity index (χ4v) is 2.31. The molecule has 0 saturated heterocycles. The van der Waals surface area contributed by atoms with Crippen molar-refractivity contribution in [1.29, 1.82) is 0 Å². The van der Waals surface area contributed by atoms with Crippen LogP contribution >= 0.6 is 0 Å². The molecular formula is C17H17N3O. The Kier molecular flexibility index (Phi) is 3.44. The van der Waals surface area contributed by atoms with Gasteiger partial charge in [0.25, 0.3) is 5.91 Å². The Morgan fingerprint density at radius 1 is 1.14 bits per heavy atom. The zero-order valence-corrected chi connectivity index (χ0v) is 12.1. The largest absolute Gasteiger partial charge is 0.328 e. The van der Waals surface area contributed by atoms with Gasteiger partial charge in [0.1, 0.15) is 0 Å². The minimum absolute atomic E-state index is 0.113. The molecule has 0 radical (unpaired) electrons. The third-order valence-corrected chi connectivity index (χ3v) is 3.42. The van der Waals surface area contributed by atoms with Gasteiger partial charge in [-0.2, -0.15) is 0 Å². The van der Waals surface area contributed by atoms with Crippen LogP contribution in [0.2, 0.25) is 0 Å². The van der Waals surface area contributed by atoms with Gasteiger partial charge in [0, 0.05) is 17.3 Å². The second kappa shape index (κ2) is 5.40. The van der Waals surface area contributed by atoms with Crippen molar-refractivity contribution in [3.63, 3.8) is 0 Å². The van der Waals surface area contributed by atoms with Crippen molar-refractivity contribution in [1.82, 2.24) is 9.55 Å². The van der Waals surface area contributed by atoms with Crippen molar-refractivity contribution >= 4 is 22.6 Å². The summed E-state index contributed by atoms with van der Waals surface area (Å²) in [5.41, 5.74) is 3.35. The van der Waals surface area contributed by atoms with Gasteiger partial charge in [-0.25, -0.2) is 4.98 Å². The van der Waals surface area contributed by atoms with Gasteiger partial charge in [-0.05, 0) is 44.2 Å². The SMILES string of the molecule is CC(C)n1cnc2cc(NC(=O)c3ccccc3)ccc21. The number of carbonyl (C=O) groups is 1. The Morgan fingerprint density at radius 3 is 2.62 bits per heavy atom. The van der Waals surface area contributed by atoms with Crippen LogP contribution in [0.5, 0.6) is 0 Å². The highest BCUT2D eigenvalue weighted by atomic mass is 16.1. The monoisotopic (exact) mass is 279 g/mol. The van der Waals surface area contributed by atoms with E-state index >= 15 is 0 Å². The molecule has 1 aromatic heterocycles. The molecule has 2 aromatic carbocycles. The predicted octanol–water partition coefficient (Wildman–Crippen LogP) is 3.87. The number of fused-ring (bicyclic) bond motifs is 1. The van der Waals surface area contributed by atoms with Gasteiger partial charge in [0.15, 0.2) is 0 Å². The number of nitrogens with zero attached hydrogens (tertiary/aromatic N) is 2. The number of carbonyl (C=O) groups excluding carboxylic acids is 1. The Hall–Kier alpha value is -2.62. The highest BCUT2D eigenvalue weighted by Gasteiger charge is 2.09. The van der Waals surface area contributed by atoms with Crippen LogP contribution in [0.4, 0.5) is 5.69 Å². The van der Waals surface area contributed by atoms with Crippen LogP contribution in [0.3, 0.4) is 0 Å². The second-order valence-electron chi connectivity index (χ2n) is 5.27. The summed E-state index contributed by atoms with van der Waals surface area (Å²) in [5.74, 6) is -0.113. The molecule has 1 heterocycles. The minimum Gasteiger partial charge on any atom is -0.328 e. The summed E-state index contributed by atoms with van der Waals surface area (Å²) in [6.45, 7) is 4.23. The van der Waals surface area contributed by atoms with E-state index in [4.69, 9.17) is 0 Å². The molecule has 1 amide bonds. The van der Waals surface area contributed by atoms with Crippen molar-refractivity contribution in [3.8, 4) is 0 Å². The van der Waals surface area contributed by atoms with Crippen molar-refractivity contribution < 1.29 is 4.79 Å². The summed E-state index contributed by atoms with van der Waals surface area (Å²) < 4.78 is 2.11. The first-order chi connectivity index (χ1) is 10.1. The lowest BCUT2D eigenvalue weighted by molar-refractivity contribution is 0.102. The zero-order chi connectivity index (χ0) is 14.8. The Balaban J connectivity index is 1.87. The molecule has 0 saturated carbocycles. The zero-order valence-electron chi connectivity index (χ0n) is 12.1. The second-order valence-corrected chi connectivity index (χ2v) is 5.27. The number of imidazole rings is 1. The van der Waals surface area contributed by atoms with E-state index in [2.05, 4.69) is 28.7 Å². The van der Waals surface area contributed by atoms with Gasteiger partial charge in [-0.1, -0.05) is 18.2 Å². The molecule has 0 spiro atoms. The maximum Gasteiger partial charge on any atom is 0.255 e. The molecule has 0 fully saturated rings. The van der Waals surface area contributed by atoms with Crippen LogP contribution in [0, 0.1) is 0 Å². The highest BCUT2D eigenvalue weighted by Crippen LogP contribution is 2.21. The minimum atomic E-state index is -0.113. The van der Waals surface area contributed by atoms with Crippen LogP contribution in [0.15, 0.2) is 54.9 Å². The molecular weight excluding hydrogens is 262 g/mol. The van der Waals surface area contributed by atoms with Gasteiger partial charge in [0.2, 0.25) is 0 Å². The van der Waals surface area contributed by atoms with Crippen molar-refractivity contribution in [2.45, 2.75) is 19.9 Å². The Morgan fingerprint density at radius 2 is 1.90 bits per heavy atom. The third-order valence-electron chi connectivity index (χ3n) is 3.42. The van der Waals surface area contributed by atoms with Crippen LogP contribution < -0.4 is 5.32 Å². The fraction of sp³-hybridized carbons (Fsp3) is 0.176. The van der Waals surface area contributed by atoms with E-state index in [1.54, 1.807) is 12.1 Å². The number of rotatable bonds is 3. The first-order valence-electron chi connectivity index (χ1n) is 6.98. The van der Waals surface area contributed by atoms with Gasteiger partial charge in [0.05, 0.1) is 17.4 Å². The summed E-state index contributed by atoms with van der Waals surface area (Å²) in [6.07, 6.45) is 1.83. The Bertz CT molecular complexity index is 775. The number of benzene rings is 2. The van der Waals surface area contributed by atoms with Crippen LogP contribution in [-0.2, 0) is 0 Å². The lowest BCUT2D eigenvalue weighted by Gasteiger charge is -2.09. The predicted molar refractivity (Wildman–Crippen MR) is 84.5 cm³/mol. The first kappa shape index (κ1) is 13.4. The molecule has 106 valence electrons. The molecule has 0 bridgehead atoms. The topological polar surface area (TPSA) is 46.9 Å². The summed E-state index contributed by atoms with van der Waals surface area (Å²) in [6, 6.07) is 15.3. The smallest absolute Gasteiger partial charge is 0.255 e. The maximum absolute atomic E-state index is 12.1. The molecule has 0 aliphatic rings. The van der Waals surface area contributed by atoms with Crippen LogP contribution in [0.25, 0.3) is 11.0 Å². The number of anilines is 1. The molecule has 0 aliphatic carbocycles. The first-order valence-corrected chi connectivity index (χ1v) is 6.98. The van der Waals surface area contributed by atoms with E-state index in [1.807, 2.05) is 42.7 Å². The van der Waals surface area contributed by atoms with E-state index in [0.717, 1.165) is 16.7 Å². The molecule has 0 atom stereocenters. The van der Waals surface area contributed by atoms with Gasteiger partial charge in [-0.3, -0.25) is 4.79 Å². The average molecular weight is 279 g/mol. The summed E-state index contributed by atoms with van der Waals surface area (Å²) in [4.78, 5) is 16.5. The maximum atomic E-state index is 12.1. The molecule has 21 heavy (non-hydrogen) atoms. The molecule has 0 unspecified atom stereocenters. The normalized spacial score (nSPS) is 11.0. The van der Waals surface area contributed by atoms with E-state index in [-0.39, 0.29) is 5.91 Å². The Labute approximate surface area is 123 Å². The summed E-state index contributed by atoms with van der Waals surface area (Å²) >= 11 is 0. The lowest BCUT2D eigenvalue weighted by atomic mass is 10.2. The number of amides is 1. The molecule has 4 nitrogen and oxygen atoms in total. The van der Waals surface area contributed by atoms with Crippen LogP contribution in [-0.4, -0.2) is 15.5 Å². The standard InChI is InChI=1S/C17H17N3O/c1-12(2)20-11-18-15-10-14(8-9-16(15)20)19-17(21)13-6-4-3-5-7-13/h3-12H,1-2H3,(H,19,21). The molecule has 4 heteroatoms. The van der Waals surface area contributed by atoms with Crippen molar-refractivity contribution in [2.75, 3.05) is 5.32 Å². The summed E-state index contributed by atoms with van der Waals surface area (Å²) in [7, 11) is 0. The van der Waals surface area contributed by atoms with E-state index in [1.165, 1.54) is 0 Å². The molecule has 3 aromatic rings. The summed E-state index contributed by atoms with van der Waals surface area (Å²) in [5, 5.41) is 2.90. The number of hydrogen-bond acceptors (Lipinski definition) is 2. The number of nitrogens with one attached hydrogen (secondary N) is 1. The molecule has 3 rings (SSSR count). The van der Waals surface area contributed by atoms with Gasteiger partial charge in [-0.15, -0.1) is 0 Å². The lowest BCUT2D eigenvalue weighted by Crippen LogP contribution is -2.11. The van der Waals surface area contributed by atoms with Crippen molar-refractivity contribution in [2.24, 2.45) is 0 Å². The van der Waals surface area contributed by atoms with Crippen molar-refractivity contribution in [3.05, 3.63) is 60.4 Å². The van der Waals surface area contributed by atoms with Crippen LogP contribution in [0.1, 0.15) is 30.2 Å². The quantitative estimate of drug-likeness (QED) is 0.791. The molecule has 0 aliphatic heterocycles. The highest BCUT2D eigenvalue weighted by molar-refractivity contribution is 6.04. The van der Waals surface area contributed by atoms with Gasteiger partial charge < -0.3 is 9.88 Å². The third kappa shape index (κ3) is 2.65. The van der Waals surface area contributed by atoms with E-state index in [9.17, 15) is 4.79 Å². The van der Waals surface area contributed by atoms with Gasteiger partial charge >= 0.3 is 0 Å². The number of aromatic nitrogens is 2. The fourth-order valence-electron chi connectivity index (χ4n) is 2.31. The molecule has 1 N–H and O–H groups in total. The average Bonchev–Trinajstić information content (AvgIpc) is 2.91. The number of hydrogen-bond donors (Lipinski definition) is 1. The van der Waals surface area contributed by atoms with E-state index < -0.39 is 0 Å².